The summed E-state index contributed by atoms with van der Waals surface area (Å²) in [5.74, 6) is -0.429. The van der Waals surface area contributed by atoms with E-state index in [-0.39, 0.29) is 18.3 Å². The molecule has 0 spiro atoms. The number of carbonyl (C=O) groups excluding carboxylic acids is 2. The van der Waals surface area contributed by atoms with Crippen molar-refractivity contribution in [3.8, 4) is 0 Å². The minimum absolute atomic E-state index is 0.0541. The van der Waals surface area contributed by atoms with Crippen LogP contribution in [0.2, 0.25) is 0 Å². The van der Waals surface area contributed by atoms with E-state index in [9.17, 15) is 9.59 Å². The average molecular weight is 341 g/mol. The van der Waals surface area contributed by atoms with Crippen LogP contribution in [-0.2, 0) is 20.9 Å². The van der Waals surface area contributed by atoms with Crippen LogP contribution in [-0.4, -0.2) is 43.0 Å². The van der Waals surface area contributed by atoms with Crippen molar-refractivity contribution in [3.05, 3.63) is 34.3 Å². The first kappa shape index (κ1) is 15.0. The standard InChI is InChI=1S/C14H17BrN2O3/c1-20-13(18)8-12-14(19)17(6-5-16-12)9-10-3-2-4-11(15)7-10/h2-4,7,12,16H,5-6,8-9H2,1H3. The molecule has 5 nitrogen and oxygen atoms in total. The normalized spacial score (nSPS) is 19.0. The Hall–Kier alpha value is -1.40. The fraction of sp³-hybridized carbons (Fsp3) is 0.429. The summed E-state index contributed by atoms with van der Waals surface area (Å²) in [6, 6.07) is 7.38. The molecule has 1 aromatic carbocycles. The summed E-state index contributed by atoms with van der Waals surface area (Å²) in [6.45, 7) is 1.88. The Labute approximate surface area is 126 Å². The van der Waals surface area contributed by atoms with Crippen LogP contribution >= 0.6 is 15.9 Å². The highest BCUT2D eigenvalue weighted by Gasteiger charge is 2.30. The number of piperazine rings is 1. The molecule has 1 amide bonds. The van der Waals surface area contributed by atoms with E-state index in [1.165, 1.54) is 7.11 Å². The maximum atomic E-state index is 12.3. The summed E-state index contributed by atoms with van der Waals surface area (Å²) in [5.41, 5.74) is 1.06. The number of hydrogen-bond donors (Lipinski definition) is 1. The van der Waals surface area contributed by atoms with Crippen LogP contribution in [0.5, 0.6) is 0 Å². The zero-order valence-corrected chi connectivity index (χ0v) is 12.9. The molecule has 1 aliphatic heterocycles. The molecule has 108 valence electrons. The fourth-order valence-corrected chi connectivity index (χ4v) is 2.66. The summed E-state index contributed by atoms with van der Waals surface area (Å²) in [4.78, 5) is 25.4. The maximum absolute atomic E-state index is 12.3. The van der Waals surface area contributed by atoms with Crippen molar-refractivity contribution in [2.24, 2.45) is 0 Å². The summed E-state index contributed by atoms with van der Waals surface area (Å²) in [6.07, 6.45) is 0.0737. The molecule has 0 aromatic heterocycles. The molecule has 1 heterocycles. The Kier molecular flexibility index (Phi) is 5.14. The number of hydrogen-bond acceptors (Lipinski definition) is 4. The zero-order chi connectivity index (χ0) is 14.5. The molecule has 1 aliphatic rings. The van der Waals surface area contributed by atoms with Gasteiger partial charge in [0, 0.05) is 24.1 Å². The van der Waals surface area contributed by atoms with Gasteiger partial charge in [0.2, 0.25) is 5.91 Å². The lowest BCUT2D eigenvalue weighted by atomic mass is 10.1. The van der Waals surface area contributed by atoms with Gasteiger partial charge >= 0.3 is 5.97 Å². The van der Waals surface area contributed by atoms with Crippen molar-refractivity contribution >= 4 is 27.8 Å². The molecule has 20 heavy (non-hydrogen) atoms. The SMILES string of the molecule is COC(=O)CC1NCCN(Cc2cccc(Br)c2)C1=O. The minimum atomic E-state index is -0.483. The van der Waals surface area contributed by atoms with Crippen LogP contribution in [0.4, 0.5) is 0 Å². The Morgan fingerprint density at radius 2 is 2.35 bits per heavy atom. The Balaban J connectivity index is 2.01. The second-order valence-electron chi connectivity index (χ2n) is 4.68. The van der Waals surface area contributed by atoms with Crippen molar-refractivity contribution < 1.29 is 14.3 Å². The first-order valence-corrected chi connectivity index (χ1v) is 7.23. The molecule has 0 saturated carbocycles. The van der Waals surface area contributed by atoms with Gasteiger partial charge in [-0.05, 0) is 17.7 Å². The number of benzene rings is 1. The van der Waals surface area contributed by atoms with E-state index < -0.39 is 6.04 Å². The lowest BCUT2D eigenvalue weighted by molar-refractivity contribution is -0.146. The Bertz CT molecular complexity index is 507. The molecule has 1 atom stereocenters. The summed E-state index contributed by atoms with van der Waals surface area (Å²) in [5, 5.41) is 3.06. The van der Waals surface area contributed by atoms with E-state index >= 15 is 0 Å². The highest BCUT2D eigenvalue weighted by Crippen LogP contribution is 2.15. The van der Waals surface area contributed by atoms with E-state index in [2.05, 4.69) is 26.0 Å². The van der Waals surface area contributed by atoms with Crippen molar-refractivity contribution in [1.29, 1.82) is 0 Å². The third-order valence-electron chi connectivity index (χ3n) is 3.24. The topological polar surface area (TPSA) is 58.6 Å². The lowest BCUT2D eigenvalue weighted by Gasteiger charge is -2.32. The van der Waals surface area contributed by atoms with Crippen LogP contribution in [0.25, 0.3) is 0 Å². The van der Waals surface area contributed by atoms with E-state index in [0.717, 1.165) is 10.0 Å². The first-order valence-electron chi connectivity index (χ1n) is 6.43. The quantitative estimate of drug-likeness (QED) is 0.839. The van der Waals surface area contributed by atoms with Gasteiger partial charge < -0.3 is 15.0 Å². The summed E-state index contributed by atoms with van der Waals surface area (Å²) < 4.78 is 5.60. The molecule has 0 aliphatic carbocycles. The van der Waals surface area contributed by atoms with E-state index in [0.29, 0.717) is 19.6 Å². The van der Waals surface area contributed by atoms with Gasteiger partial charge in [0.05, 0.1) is 19.6 Å². The van der Waals surface area contributed by atoms with Gasteiger partial charge in [-0.25, -0.2) is 0 Å². The van der Waals surface area contributed by atoms with Gasteiger partial charge in [0.1, 0.15) is 0 Å². The number of ether oxygens (including phenoxy) is 1. The first-order chi connectivity index (χ1) is 9.60. The molecular weight excluding hydrogens is 324 g/mol. The van der Waals surface area contributed by atoms with Crippen molar-refractivity contribution in [1.82, 2.24) is 10.2 Å². The molecule has 0 bridgehead atoms. The Morgan fingerprint density at radius 3 is 3.05 bits per heavy atom. The van der Waals surface area contributed by atoms with Crippen LogP contribution in [0, 0.1) is 0 Å². The number of nitrogens with zero attached hydrogens (tertiary/aromatic N) is 1. The molecule has 1 saturated heterocycles. The summed E-state index contributed by atoms with van der Waals surface area (Å²) >= 11 is 3.42. The van der Waals surface area contributed by atoms with Gasteiger partial charge in [-0.3, -0.25) is 9.59 Å². The number of halogens is 1. The fourth-order valence-electron chi connectivity index (χ4n) is 2.21. The molecule has 1 N–H and O–H groups in total. The van der Waals surface area contributed by atoms with Gasteiger partial charge in [-0.2, -0.15) is 0 Å². The van der Waals surface area contributed by atoms with Crippen LogP contribution in [0.1, 0.15) is 12.0 Å². The van der Waals surface area contributed by atoms with E-state index in [4.69, 9.17) is 0 Å². The van der Waals surface area contributed by atoms with Crippen molar-refractivity contribution in [3.63, 3.8) is 0 Å². The highest BCUT2D eigenvalue weighted by molar-refractivity contribution is 9.10. The third kappa shape index (κ3) is 3.80. The zero-order valence-electron chi connectivity index (χ0n) is 11.3. The van der Waals surface area contributed by atoms with Crippen LogP contribution < -0.4 is 5.32 Å². The van der Waals surface area contributed by atoms with E-state index in [1.807, 2.05) is 24.3 Å². The van der Waals surface area contributed by atoms with Gasteiger partial charge in [-0.15, -0.1) is 0 Å². The van der Waals surface area contributed by atoms with Crippen LogP contribution in [0.3, 0.4) is 0 Å². The number of rotatable bonds is 4. The maximum Gasteiger partial charge on any atom is 0.307 e. The van der Waals surface area contributed by atoms with Crippen LogP contribution in [0.15, 0.2) is 28.7 Å². The molecule has 1 unspecified atom stereocenters. The number of nitrogens with one attached hydrogen (secondary N) is 1. The molecule has 0 radical (unpaired) electrons. The number of amides is 1. The molecule has 1 fully saturated rings. The average Bonchev–Trinajstić information content (AvgIpc) is 2.43. The molecule has 2 rings (SSSR count). The summed E-state index contributed by atoms with van der Waals surface area (Å²) in [7, 11) is 1.33. The lowest BCUT2D eigenvalue weighted by Crippen LogP contribution is -2.55. The Morgan fingerprint density at radius 1 is 1.55 bits per heavy atom. The largest absolute Gasteiger partial charge is 0.469 e. The van der Waals surface area contributed by atoms with Gasteiger partial charge in [0.25, 0.3) is 0 Å². The third-order valence-corrected chi connectivity index (χ3v) is 3.74. The number of carbonyl (C=O) groups is 2. The van der Waals surface area contributed by atoms with E-state index in [1.54, 1.807) is 4.90 Å². The predicted octanol–water partition coefficient (Wildman–Crippen LogP) is 1.31. The monoisotopic (exact) mass is 340 g/mol. The highest BCUT2D eigenvalue weighted by atomic mass is 79.9. The minimum Gasteiger partial charge on any atom is -0.469 e. The predicted molar refractivity (Wildman–Crippen MR) is 78.0 cm³/mol. The van der Waals surface area contributed by atoms with Crippen molar-refractivity contribution in [2.45, 2.75) is 19.0 Å². The van der Waals surface area contributed by atoms with Crippen molar-refractivity contribution in [2.75, 3.05) is 20.2 Å². The number of esters is 1. The van der Waals surface area contributed by atoms with Gasteiger partial charge in [0.15, 0.2) is 0 Å². The molecular formula is C14H17BrN2O3. The second-order valence-corrected chi connectivity index (χ2v) is 5.59. The molecule has 1 aromatic rings. The molecule has 6 heteroatoms. The second kappa shape index (κ2) is 6.85. The van der Waals surface area contributed by atoms with Gasteiger partial charge in [-0.1, -0.05) is 28.1 Å². The smallest absolute Gasteiger partial charge is 0.307 e. The number of methoxy groups -OCH3 is 1.